The van der Waals surface area contributed by atoms with Crippen molar-refractivity contribution < 1.29 is 23.8 Å². The number of rotatable bonds is 7. The van der Waals surface area contributed by atoms with Crippen LogP contribution in [0.15, 0.2) is 48.5 Å². The third-order valence-corrected chi connectivity index (χ3v) is 4.59. The summed E-state index contributed by atoms with van der Waals surface area (Å²) in [6.45, 7) is 1.41. The fourth-order valence-corrected chi connectivity index (χ4v) is 3.25. The molecule has 1 atom stereocenters. The van der Waals surface area contributed by atoms with Crippen LogP contribution in [-0.2, 0) is 22.5 Å². The lowest BCUT2D eigenvalue weighted by Crippen LogP contribution is -2.37. The third-order valence-electron chi connectivity index (χ3n) is 4.59. The Morgan fingerprint density at radius 1 is 1.15 bits per heavy atom. The van der Waals surface area contributed by atoms with E-state index in [4.69, 9.17) is 9.84 Å². The molecule has 142 valence electrons. The minimum Gasteiger partial charge on any atom is -0.478 e. The number of aromatic carboxylic acids is 1. The van der Waals surface area contributed by atoms with Gasteiger partial charge in [-0.3, -0.25) is 4.79 Å². The summed E-state index contributed by atoms with van der Waals surface area (Å²) in [6.07, 6.45) is 1.92. The number of carbonyl (C=O) groups excluding carboxylic acids is 1. The molecule has 3 rings (SSSR count). The molecular formula is C21H22FNO4. The smallest absolute Gasteiger partial charge is 0.335 e. The maximum Gasteiger partial charge on any atom is 0.335 e. The van der Waals surface area contributed by atoms with Crippen molar-refractivity contribution in [3.63, 3.8) is 0 Å². The van der Waals surface area contributed by atoms with Gasteiger partial charge in [0.1, 0.15) is 5.82 Å². The summed E-state index contributed by atoms with van der Waals surface area (Å²) >= 11 is 0. The Kier molecular flexibility index (Phi) is 6.19. The van der Waals surface area contributed by atoms with Crippen molar-refractivity contribution >= 4 is 11.9 Å². The quantitative estimate of drug-likeness (QED) is 0.811. The van der Waals surface area contributed by atoms with Gasteiger partial charge in [-0.05, 0) is 48.2 Å². The van der Waals surface area contributed by atoms with Gasteiger partial charge in [-0.1, -0.05) is 24.3 Å². The second-order valence-corrected chi connectivity index (χ2v) is 6.72. The summed E-state index contributed by atoms with van der Waals surface area (Å²) in [7, 11) is 0. The van der Waals surface area contributed by atoms with E-state index in [1.807, 2.05) is 0 Å². The summed E-state index contributed by atoms with van der Waals surface area (Å²) in [6, 6.07) is 12.5. The van der Waals surface area contributed by atoms with E-state index in [0.29, 0.717) is 24.3 Å². The zero-order valence-corrected chi connectivity index (χ0v) is 14.9. The summed E-state index contributed by atoms with van der Waals surface area (Å²) in [4.78, 5) is 25.7. The van der Waals surface area contributed by atoms with Crippen molar-refractivity contribution in [3.05, 3.63) is 71.0 Å². The number of carboxylic acid groups (broad SMARTS) is 1. The molecular weight excluding hydrogens is 349 g/mol. The largest absolute Gasteiger partial charge is 0.478 e. The predicted molar refractivity (Wildman–Crippen MR) is 97.9 cm³/mol. The molecule has 0 radical (unpaired) electrons. The summed E-state index contributed by atoms with van der Waals surface area (Å²) < 4.78 is 19.2. The first-order chi connectivity index (χ1) is 13.0. The molecule has 1 aliphatic rings. The van der Waals surface area contributed by atoms with Crippen LogP contribution in [0.4, 0.5) is 4.39 Å². The monoisotopic (exact) mass is 371 g/mol. The molecule has 1 unspecified atom stereocenters. The van der Waals surface area contributed by atoms with Crippen LogP contribution >= 0.6 is 0 Å². The maximum absolute atomic E-state index is 13.5. The van der Waals surface area contributed by atoms with Gasteiger partial charge in [0.15, 0.2) is 0 Å². The summed E-state index contributed by atoms with van der Waals surface area (Å²) in [5, 5.41) is 9.12. The zero-order valence-electron chi connectivity index (χ0n) is 14.9. The second-order valence-electron chi connectivity index (χ2n) is 6.72. The van der Waals surface area contributed by atoms with Crippen LogP contribution in [0.1, 0.15) is 34.3 Å². The van der Waals surface area contributed by atoms with Crippen LogP contribution in [0, 0.1) is 5.82 Å². The average Bonchev–Trinajstić information content (AvgIpc) is 3.14. The Morgan fingerprint density at radius 3 is 2.63 bits per heavy atom. The minimum atomic E-state index is -1.03. The predicted octanol–water partition coefficient (Wildman–Crippen LogP) is 3.27. The van der Waals surface area contributed by atoms with Gasteiger partial charge in [-0.2, -0.15) is 0 Å². The maximum atomic E-state index is 13.5. The van der Waals surface area contributed by atoms with Crippen molar-refractivity contribution in [2.75, 3.05) is 13.2 Å². The van der Waals surface area contributed by atoms with Gasteiger partial charge in [-0.25, -0.2) is 9.18 Å². The fourth-order valence-electron chi connectivity index (χ4n) is 3.25. The van der Waals surface area contributed by atoms with E-state index in [9.17, 15) is 14.0 Å². The van der Waals surface area contributed by atoms with Crippen LogP contribution in [0.2, 0.25) is 0 Å². The standard InChI is InChI=1S/C21H22FNO4/c22-18-7-2-5-16(11-18)13-23(14-19-8-3-9-27-19)20(24)12-15-4-1-6-17(10-15)21(25)26/h1-2,4-7,10-11,19H,3,8-9,12-14H2,(H,25,26). The Bertz CT molecular complexity index is 817. The number of hydrogen-bond donors (Lipinski definition) is 1. The van der Waals surface area contributed by atoms with Crippen molar-refractivity contribution in [1.29, 1.82) is 0 Å². The highest BCUT2D eigenvalue weighted by molar-refractivity contribution is 5.88. The number of nitrogens with zero attached hydrogens (tertiary/aromatic N) is 1. The minimum absolute atomic E-state index is 0.0205. The van der Waals surface area contributed by atoms with E-state index >= 15 is 0 Å². The summed E-state index contributed by atoms with van der Waals surface area (Å²) in [5.41, 5.74) is 1.49. The van der Waals surface area contributed by atoms with Crippen molar-refractivity contribution in [2.24, 2.45) is 0 Å². The highest BCUT2D eigenvalue weighted by Gasteiger charge is 2.23. The van der Waals surface area contributed by atoms with Gasteiger partial charge in [-0.15, -0.1) is 0 Å². The molecule has 1 saturated heterocycles. The molecule has 1 heterocycles. The van der Waals surface area contributed by atoms with Gasteiger partial charge in [0, 0.05) is 19.7 Å². The van der Waals surface area contributed by atoms with Crippen LogP contribution < -0.4 is 0 Å². The topological polar surface area (TPSA) is 66.8 Å². The van der Waals surface area contributed by atoms with E-state index in [1.165, 1.54) is 24.3 Å². The van der Waals surface area contributed by atoms with Gasteiger partial charge < -0.3 is 14.7 Å². The first-order valence-electron chi connectivity index (χ1n) is 8.97. The second kappa shape index (κ2) is 8.77. The van der Waals surface area contributed by atoms with Crippen molar-refractivity contribution in [1.82, 2.24) is 4.90 Å². The van der Waals surface area contributed by atoms with Gasteiger partial charge >= 0.3 is 5.97 Å². The highest BCUT2D eigenvalue weighted by Crippen LogP contribution is 2.17. The SMILES string of the molecule is O=C(O)c1cccc(CC(=O)N(Cc2cccc(F)c2)CC2CCCO2)c1. The number of hydrogen-bond acceptors (Lipinski definition) is 3. The number of halogens is 1. The molecule has 1 N–H and O–H groups in total. The molecule has 1 fully saturated rings. The zero-order chi connectivity index (χ0) is 19.2. The molecule has 0 bridgehead atoms. The molecule has 27 heavy (non-hydrogen) atoms. The van der Waals surface area contributed by atoms with Gasteiger partial charge in [0.25, 0.3) is 0 Å². The number of ether oxygens (including phenoxy) is 1. The lowest BCUT2D eigenvalue weighted by Gasteiger charge is -2.26. The first kappa shape index (κ1) is 19.0. The molecule has 2 aromatic rings. The molecule has 1 aliphatic heterocycles. The molecule has 0 aliphatic carbocycles. The van der Waals surface area contributed by atoms with E-state index in [2.05, 4.69) is 0 Å². The molecule has 1 amide bonds. The van der Waals surface area contributed by atoms with Crippen LogP contribution in [0.25, 0.3) is 0 Å². The Labute approximate surface area is 157 Å². The van der Waals surface area contributed by atoms with E-state index in [0.717, 1.165) is 12.8 Å². The third kappa shape index (κ3) is 5.37. The van der Waals surface area contributed by atoms with E-state index in [-0.39, 0.29) is 36.4 Å². The first-order valence-corrected chi connectivity index (χ1v) is 8.97. The Morgan fingerprint density at radius 2 is 1.93 bits per heavy atom. The van der Waals surface area contributed by atoms with Crippen LogP contribution in [-0.4, -0.2) is 41.1 Å². The number of benzene rings is 2. The highest BCUT2D eigenvalue weighted by atomic mass is 19.1. The number of amides is 1. The molecule has 0 saturated carbocycles. The molecule has 5 nitrogen and oxygen atoms in total. The van der Waals surface area contributed by atoms with Gasteiger partial charge in [0.05, 0.1) is 18.1 Å². The van der Waals surface area contributed by atoms with Crippen LogP contribution in [0.5, 0.6) is 0 Å². The fraction of sp³-hybridized carbons (Fsp3) is 0.333. The molecule has 0 spiro atoms. The molecule has 2 aromatic carbocycles. The summed E-state index contributed by atoms with van der Waals surface area (Å²) in [5.74, 6) is -1.51. The van der Waals surface area contributed by atoms with Crippen molar-refractivity contribution in [2.45, 2.75) is 31.9 Å². The Balaban J connectivity index is 1.75. The molecule has 6 heteroatoms. The lowest BCUT2D eigenvalue weighted by molar-refractivity contribution is -0.132. The van der Waals surface area contributed by atoms with Gasteiger partial charge in [0.2, 0.25) is 5.91 Å². The average molecular weight is 371 g/mol. The molecule has 0 aromatic heterocycles. The Hall–Kier alpha value is -2.73. The van der Waals surface area contributed by atoms with Crippen LogP contribution in [0.3, 0.4) is 0 Å². The number of carbonyl (C=O) groups is 2. The van der Waals surface area contributed by atoms with E-state index < -0.39 is 5.97 Å². The normalized spacial score (nSPS) is 16.3. The van der Waals surface area contributed by atoms with E-state index in [1.54, 1.807) is 29.2 Å². The lowest BCUT2D eigenvalue weighted by atomic mass is 10.1. The van der Waals surface area contributed by atoms with Crippen molar-refractivity contribution in [3.8, 4) is 0 Å². The number of carboxylic acids is 1.